The van der Waals surface area contributed by atoms with E-state index >= 15 is 0 Å². The Labute approximate surface area is 88.4 Å². The summed E-state index contributed by atoms with van der Waals surface area (Å²) in [5.41, 5.74) is 6.83. The third kappa shape index (κ3) is 2.13. The van der Waals surface area contributed by atoms with Crippen LogP contribution in [0.5, 0.6) is 0 Å². The second-order valence-corrected chi connectivity index (χ2v) is 5.75. The first kappa shape index (κ1) is 10.5. The molecule has 2 N–H and O–H groups in total. The minimum Gasteiger partial charge on any atom is -0.325 e. The standard InChI is InChI=1S/C13H25N/c1-11-7-9-13(14,10-8-11)12-5-3-2-4-6-12/h11-12H,2-10,14H2,1H3. The summed E-state index contributed by atoms with van der Waals surface area (Å²) in [5, 5.41) is 0. The molecule has 0 spiro atoms. The first-order valence-electron chi connectivity index (χ1n) is 6.49. The molecule has 0 amide bonds. The molecule has 2 aliphatic rings. The molecular weight excluding hydrogens is 170 g/mol. The van der Waals surface area contributed by atoms with E-state index in [9.17, 15) is 0 Å². The fraction of sp³-hybridized carbons (Fsp3) is 1.00. The lowest BCUT2D eigenvalue weighted by molar-refractivity contribution is 0.134. The molecule has 14 heavy (non-hydrogen) atoms. The molecule has 2 rings (SSSR count). The Bertz CT molecular complexity index is 174. The lowest BCUT2D eigenvalue weighted by Gasteiger charge is -2.44. The van der Waals surface area contributed by atoms with Gasteiger partial charge in [0.2, 0.25) is 0 Å². The van der Waals surface area contributed by atoms with Crippen LogP contribution in [0.4, 0.5) is 0 Å². The van der Waals surface area contributed by atoms with Gasteiger partial charge in [0.05, 0.1) is 0 Å². The Balaban J connectivity index is 1.93. The summed E-state index contributed by atoms with van der Waals surface area (Å²) in [4.78, 5) is 0. The van der Waals surface area contributed by atoms with Crippen molar-refractivity contribution in [3.8, 4) is 0 Å². The summed E-state index contributed by atoms with van der Waals surface area (Å²) in [5.74, 6) is 1.78. The zero-order valence-electron chi connectivity index (χ0n) is 9.60. The van der Waals surface area contributed by atoms with Crippen LogP contribution in [0, 0.1) is 11.8 Å². The van der Waals surface area contributed by atoms with Crippen molar-refractivity contribution in [2.24, 2.45) is 17.6 Å². The van der Waals surface area contributed by atoms with Crippen molar-refractivity contribution in [1.29, 1.82) is 0 Å². The van der Waals surface area contributed by atoms with Crippen molar-refractivity contribution < 1.29 is 0 Å². The third-order valence-electron chi connectivity index (χ3n) is 4.62. The van der Waals surface area contributed by atoms with Crippen molar-refractivity contribution in [2.45, 2.75) is 70.3 Å². The largest absolute Gasteiger partial charge is 0.325 e. The molecule has 2 saturated carbocycles. The summed E-state index contributed by atoms with van der Waals surface area (Å²) in [6.45, 7) is 2.38. The predicted octanol–water partition coefficient (Wildman–Crippen LogP) is 3.47. The van der Waals surface area contributed by atoms with Crippen LogP contribution in [0.25, 0.3) is 0 Å². The van der Waals surface area contributed by atoms with Crippen molar-refractivity contribution >= 4 is 0 Å². The van der Waals surface area contributed by atoms with E-state index < -0.39 is 0 Å². The quantitative estimate of drug-likeness (QED) is 0.681. The molecule has 2 fully saturated rings. The lowest BCUT2D eigenvalue weighted by Crippen LogP contribution is -2.50. The highest BCUT2D eigenvalue weighted by Gasteiger charge is 2.37. The topological polar surface area (TPSA) is 26.0 Å². The average Bonchev–Trinajstić information content (AvgIpc) is 2.24. The van der Waals surface area contributed by atoms with Crippen LogP contribution in [0.3, 0.4) is 0 Å². The van der Waals surface area contributed by atoms with Crippen LogP contribution in [-0.2, 0) is 0 Å². The molecule has 2 aliphatic carbocycles. The molecule has 0 bridgehead atoms. The van der Waals surface area contributed by atoms with Gasteiger partial charge in [0.1, 0.15) is 0 Å². The molecular formula is C13H25N. The van der Waals surface area contributed by atoms with Crippen LogP contribution in [-0.4, -0.2) is 5.54 Å². The van der Waals surface area contributed by atoms with Crippen LogP contribution >= 0.6 is 0 Å². The van der Waals surface area contributed by atoms with Gasteiger partial charge in [-0.15, -0.1) is 0 Å². The van der Waals surface area contributed by atoms with E-state index in [1.54, 1.807) is 0 Å². The molecule has 0 aliphatic heterocycles. The summed E-state index contributed by atoms with van der Waals surface area (Å²) >= 11 is 0. The summed E-state index contributed by atoms with van der Waals surface area (Å²) in [6.07, 6.45) is 12.4. The van der Waals surface area contributed by atoms with Gasteiger partial charge in [0.25, 0.3) is 0 Å². The summed E-state index contributed by atoms with van der Waals surface area (Å²) < 4.78 is 0. The van der Waals surface area contributed by atoms with E-state index in [2.05, 4.69) is 6.92 Å². The summed E-state index contributed by atoms with van der Waals surface area (Å²) in [7, 11) is 0. The summed E-state index contributed by atoms with van der Waals surface area (Å²) in [6, 6.07) is 0. The van der Waals surface area contributed by atoms with Gasteiger partial charge >= 0.3 is 0 Å². The molecule has 0 aromatic heterocycles. The van der Waals surface area contributed by atoms with Crippen molar-refractivity contribution in [2.75, 3.05) is 0 Å². The van der Waals surface area contributed by atoms with Crippen molar-refractivity contribution in [1.82, 2.24) is 0 Å². The van der Waals surface area contributed by atoms with E-state index in [0.29, 0.717) is 0 Å². The second-order valence-electron chi connectivity index (χ2n) is 5.75. The molecule has 0 aromatic rings. The fourth-order valence-corrected chi connectivity index (χ4v) is 3.39. The fourth-order valence-electron chi connectivity index (χ4n) is 3.39. The third-order valence-corrected chi connectivity index (χ3v) is 4.62. The van der Waals surface area contributed by atoms with E-state index in [-0.39, 0.29) is 5.54 Å². The molecule has 0 aromatic carbocycles. The first-order chi connectivity index (χ1) is 6.71. The maximum absolute atomic E-state index is 6.60. The van der Waals surface area contributed by atoms with Gasteiger partial charge < -0.3 is 5.73 Å². The minimum absolute atomic E-state index is 0.229. The minimum atomic E-state index is 0.229. The molecule has 1 nitrogen and oxygen atoms in total. The molecule has 0 radical (unpaired) electrons. The highest BCUT2D eigenvalue weighted by Crippen LogP contribution is 2.41. The normalized spacial score (nSPS) is 41.1. The van der Waals surface area contributed by atoms with Gasteiger partial charge in [0.15, 0.2) is 0 Å². The van der Waals surface area contributed by atoms with E-state index in [1.165, 1.54) is 57.8 Å². The van der Waals surface area contributed by atoms with E-state index in [0.717, 1.165) is 11.8 Å². The zero-order valence-corrected chi connectivity index (χ0v) is 9.60. The Kier molecular flexibility index (Phi) is 3.16. The molecule has 82 valence electrons. The molecule has 1 heteroatoms. The van der Waals surface area contributed by atoms with Gasteiger partial charge in [-0.05, 0) is 50.4 Å². The Morgan fingerprint density at radius 3 is 2.07 bits per heavy atom. The SMILES string of the molecule is CC1CCC(N)(C2CCCCC2)CC1. The average molecular weight is 195 g/mol. The molecule has 0 atom stereocenters. The lowest BCUT2D eigenvalue weighted by atomic mass is 9.66. The number of hydrogen-bond donors (Lipinski definition) is 1. The van der Waals surface area contributed by atoms with Gasteiger partial charge in [0, 0.05) is 5.54 Å². The highest BCUT2D eigenvalue weighted by atomic mass is 14.8. The highest BCUT2D eigenvalue weighted by molar-refractivity contribution is 4.95. The van der Waals surface area contributed by atoms with E-state index in [1.807, 2.05) is 0 Å². The maximum Gasteiger partial charge on any atom is 0.0183 e. The van der Waals surface area contributed by atoms with E-state index in [4.69, 9.17) is 5.73 Å². The Hall–Kier alpha value is -0.0400. The van der Waals surface area contributed by atoms with Gasteiger partial charge in [-0.1, -0.05) is 26.2 Å². The van der Waals surface area contributed by atoms with Crippen LogP contribution < -0.4 is 5.73 Å². The Morgan fingerprint density at radius 2 is 1.50 bits per heavy atom. The zero-order chi connectivity index (χ0) is 10.0. The number of nitrogens with two attached hydrogens (primary N) is 1. The maximum atomic E-state index is 6.60. The molecule has 0 saturated heterocycles. The second kappa shape index (κ2) is 4.22. The molecule has 0 unspecified atom stereocenters. The van der Waals surface area contributed by atoms with Gasteiger partial charge in [-0.25, -0.2) is 0 Å². The van der Waals surface area contributed by atoms with Crippen LogP contribution in [0.1, 0.15) is 64.7 Å². The number of rotatable bonds is 1. The van der Waals surface area contributed by atoms with Crippen LogP contribution in [0.2, 0.25) is 0 Å². The smallest absolute Gasteiger partial charge is 0.0183 e. The monoisotopic (exact) mass is 195 g/mol. The van der Waals surface area contributed by atoms with Crippen molar-refractivity contribution in [3.63, 3.8) is 0 Å². The Morgan fingerprint density at radius 1 is 0.929 bits per heavy atom. The first-order valence-corrected chi connectivity index (χ1v) is 6.49. The predicted molar refractivity (Wildman–Crippen MR) is 61.1 cm³/mol. The number of hydrogen-bond acceptors (Lipinski definition) is 1. The van der Waals surface area contributed by atoms with Crippen molar-refractivity contribution in [3.05, 3.63) is 0 Å². The van der Waals surface area contributed by atoms with Gasteiger partial charge in [-0.2, -0.15) is 0 Å². The van der Waals surface area contributed by atoms with Crippen LogP contribution in [0.15, 0.2) is 0 Å². The molecule has 0 heterocycles. The van der Waals surface area contributed by atoms with Gasteiger partial charge in [-0.3, -0.25) is 0 Å².